The minimum atomic E-state index is 0.119. The quantitative estimate of drug-likeness (QED) is 0.684. The van der Waals surface area contributed by atoms with E-state index in [-0.39, 0.29) is 18.4 Å². The van der Waals surface area contributed by atoms with Crippen LogP contribution in [0.3, 0.4) is 0 Å². The predicted octanol–water partition coefficient (Wildman–Crippen LogP) is 1.90. The van der Waals surface area contributed by atoms with E-state index in [1.807, 2.05) is 0 Å². The van der Waals surface area contributed by atoms with Crippen LogP contribution in [0.4, 0.5) is 0 Å². The molecule has 0 saturated carbocycles. The fourth-order valence-corrected chi connectivity index (χ4v) is 4.43. The number of aliphatic hydroxyl groups excluding tert-OH is 1. The Labute approximate surface area is 163 Å². The van der Waals surface area contributed by atoms with Gasteiger partial charge in [-0.1, -0.05) is 30.3 Å². The molecule has 0 bridgehead atoms. The van der Waals surface area contributed by atoms with Gasteiger partial charge in [0.25, 0.3) is 0 Å². The number of hydrogen-bond acceptors (Lipinski definition) is 4. The van der Waals surface area contributed by atoms with Gasteiger partial charge in [-0.15, -0.1) is 0 Å². The van der Waals surface area contributed by atoms with Crippen molar-refractivity contribution in [3.05, 3.63) is 35.9 Å². The van der Waals surface area contributed by atoms with Gasteiger partial charge < -0.3 is 15.3 Å². The average molecular weight is 374 g/mol. The van der Waals surface area contributed by atoms with Crippen LogP contribution >= 0.6 is 0 Å². The summed E-state index contributed by atoms with van der Waals surface area (Å²) in [6.07, 6.45) is 6.32. The molecule has 1 atom stereocenters. The highest BCUT2D eigenvalue weighted by atomic mass is 16.3. The molecule has 2 aliphatic heterocycles. The minimum Gasteiger partial charge on any atom is -0.396 e. The number of nitrogens with zero attached hydrogens (tertiary/aromatic N) is 2. The molecule has 0 spiro atoms. The second-order valence-electron chi connectivity index (χ2n) is 8.01. The highest BCUT2D eigenvalue weighted by Gasteiger charge is 2.31. The number of carbonyl (C=O) groups is 1. The number of amides is 1. The third-order valence-corrected chi connectivity index (χ3v) is 6.09. The molecule has 150 valence electrons. The number of hydrogen-bond donors (Lipinski definition) is 2. The van der Waals surface area contributed by atoms with Gasteiger partial charge in [0.1, 0.15) is 0 Å². The zero-order valence-corrected chi connectivity index (χ0v) is 16.5. The Bertz CT molecular complexity index is 558. The molecule has 3 rings (SSSR count). The summed E-state index contributed by atoms with van der Waals surface area (Å²) in [6, 6.07) is 11.4. The summed E-state index contributed by atoms with van der Waals surface area (Å²) < 4.78 is 0. The standard InChI is InChI=1S/C22H35N3O2/c26-17-5-12-23-22(27)20-8-4-13-25(18-20)21-10-15-24(16-11-21)14-9-19-6-2-1-3-7-19/h1-3,6-7,20-21,26H,4-5,8-18H2,(H,23,27)/t20-/m0/s1. The monoisotopic (exact) mass is 373 g/mol. The van der Waals surface area contributed by atoms with Crippen LogP contribution in [0.15, 0.2) is 30.3 Å². The summed E-state index contributed by atoms with van der Waals surface area (Å²) >= 11 is 0. The van der Waals surface area contributed by atoms with Gasteiger partial charge in [0, 0.05) is 32.3 Å². The van der Waals surface area contributed by atoms with Crippen molar-refractivity contribution in [2.24, 2.45) is 5.92 Å². The van der Waals surface area contributed by atoms with Crippen LogP contribution in [0.1, 0.15) is 37.7 Å². The molecule has 2 saturated heterocycles. The molecule has 0 unspecified atom stereocenters. The first kappa shape index (κ1) is 20.3. The van der Waals surface area contributed by atoms with Gasteiger partial charge in [-0.3, -0.25) is 9.69 Å². The number of carbonyl (C=O) groups excluding carboxylic acids is 1. The van der Waals surface area contributed by atoms with Crippen LogP contribution in [0.2, 0.25) is 0 Å². The molecule has 0 aromatic heterocycles. The summed E-state index contributed by atoms with van der Waals surface area (Å²) in [5, 5.41) is 11.8. The third-order valence-electron chi connectivity index (χ3n) is 6.09. The summed E-state index contributed by atoms with van der Waals surface area (Å²) in [6.45, 7) is 6.25. The molecule has 1 amide bonds. The van der Waals surface area contributed by atoms with Crippen molar-refractivity contribution >= 4 is 5.91 Å². The van der Waals surface area contributed by atoms with E-state index in [2.05, 4.69) is 45.4 Å². The Morgan fingerprint density at radius 1 is 1.11 bits per heavy atom. The van der Waals surface area contributed by atoms with Crippen molar-refractivity contribution in [2.45, 2.75) is 44.6 Å². The number of rotatable bonds is 8. The highest BCUT2D eigenvalue weighted by molar-refractivity contribution is 5.78. The minimum absolute atomic E-state index is 0.119. The molecule has 0 aliphatic carbocycles. The first-order chi connectivity index (χ1) is 13.3. The molecule has 1 aromatic rings. The molecular formula is C22H35N3O2. The van der Waals surface area contributed by atoms with Gasteiger partial charge in [-0.05, 0) is 63.7 Å². The smallest absolute Gasteiger partial charge is 0.224 e. The lowest BCUT2D eigenvalue weighted by Crippen LogP contribution is -2.51. The third kappa shape index (κ3) is 6.30. The number of likely N-dealkylation sites (tertiary alicyclic amines) is 2. The van der Waals surface area contributed by atoms with Crippen molar-refractivity contribution in [1.82, 2.24) is 15.1 Å². The van der Waals surface area contributed by atoms with Crippen molar-refractivity contribution in [3.63, 3.8) is 0 Å². The van der Waals surface area contributed by atoms with E-state index >= 15 is 0 Å². The van der Waals surface area contributed by atoms with Crippen molar-refractivity contribution in [3.8, 4) is 0 Å². The molecule has 2 fully saturated rings. The second-order valence-corrected chi connectivity index (χ2v) is 8.01. The van der Waals surface area contributed by atoms with Crippen LogP contribution in [0.25, 0.3) is 0 Å². The van der Waals surface area contributed by atoms with Crippen LogP contribution in [-0.2, 0) is 11.2 Å². The highest BCUT2D eigenvalue weighted by Crippen LogP contribution is 2.24. The molecular weight excluding hydrogens is 338 g/mol. The fraction of sp³-hybridized carbons (Fsp3) is 0.682. The number of aliphatic hydroxyl groups is 1. The van der Waals surface area contributed by atoms with E-state index in [0.717, 1.165) is 38.9 Å². The zero-order valence-electron chi connectivity index (χ0n) is 16.5. The van der Waals surface area contributed by atoms with Gasteiger partial charge in [0.05, 0.1) is 5.92 Å². The van der Waals surface area contributed by atoms with Gasteiger partial charge in [0.15, 0.2) is 0 Å². The van der Waals surface area contributed by atoms with Crippen LogP contribution in [0.5, 0.6) is 0 Å². The van der Waals surface area contributed by atoms with Crippen molar-refractivity contribution in [2.75, 3.05) is 45.9 Å². The maximum absolute atomic E-state index is 12.3. The first-order valence-corrected chi connectivity index (χ1v) is 10.6. The number of nitrogens with one attached hydrogen (secondary N) is 1. The molecule has 27 heavy (non-hydrogen) atoms. The first-order valence-electron chi connectivity index (χ1n) is 10.6. The average Bonchev–Trinajstić information content (AvgIpc) is 2.73. The van der Waals surface area contributed by atoms with E-state index in [0.29, 0.717) is 19.0 Å². The van der Waals surface area contributed by atoms with E-state index < -0.39 is 0 Å². The maximum atomic E-state index is 12.3. The molecule has 0 radical (unpaired) electrons. The van der Waals surface area contributed by atoms with Crippen LogP contribution < -0.4 is 5.32 Å². The van der Waals surface area contributed by atoms with Crippen LogP contribution in [0, 0.1) is 5.92 Å². The lowest BCUT2D eigenvalue weighted by atomic mass is 9.93. The van der Waals surface area contributed by atoms with Gasteiger partial charge in [-0.2, -0.15) is 0 Å². The molecule has 5 heteroatoms. The van der Waals surface area contributed by atoms with Gasteiger partial charge in [-0.25, -0.2) is 0 Å². The second kappa shape index (κ2) is 10.8. The normalized spacial score (nSPS) is 22.6. The maximum Gasteiger partial charge on any atom is 0.224 e. The lowest BCUT2D eigenvalue weighted by molar-refractivity contribution is -0.127. The topological polar surface area (TPSA) is 55.8 Å². The van der Waals surface area contributed by atoms with E-state index in [4.69, 9.17) is 5.11 Å². The number of piperidine rings is 2. The SMILES string of the molecule is O=C(NCCCO)[C@H]1CCCN(C2CCN(CCc3ccccc3)CC2)C1. The lowest BCUT2D eigenvalue weighted by Gasteiger charge is -2.42. The molecule has 1 aromatic carbocycles. The van der Waals surface area contributed by atoms with E-state index in [1.165, 1.54) is 31.5 Å². The molecule has 2 N–H and O–H groups in total. The Balaban J connectivity index is 1.39. The van der Waals surface area contributed by atoms with Gasteiger partial charge in [0.2, 0.25) is 5.91 Å². The molecule has 2 heterocycles. The summed E-state index contributed by atoms with van der Waals surface area (Å²) in [5.74, 6) is 0.294. The fourth-order valence-electron chi connectivity index (χ4n) is 4.43. The van der Waals surface area contributed by atoms with Gasteiger partial charge >= 0.3 is 0 Å². The molecule has 2 aliphatic rings. The number of benzene rings is 1. The van der Waals surface area contributed by atoms with Crippen LogP contribution in [-0.4, -0.2) is 72.7 Å². The zero-order chi connectivity index (χ0) is 18.9. The Kier molecular flexibility index (Phi) is 8.11. The van der Waals surface area contributed by atoms with E-state index in [1.54, 1.807) is 0 Å². The van der Waals surface area contributed by atoms with Crippen molar-refractivity contribution < 1.29 is 9.90 Å². The largest absolute Gasteiger partial charge is 0.396 e. The van der Waals surface area contributed by atoms with E-state index in [9.17, 15) is 4.79 Å². The summed E-state index contributed by atoms with van der Waals surface area (Å²) in [5.41, 5.74) is 1.42. The Morgan fingerprint density at radius 2 is 1.89 bits per heavy atom. The predicted molar refractivity (Wildman–Crippen MR) is 109 cm³/mol. The van der Waals surface area contributed by atoms with Crippen molar-refractivity contribution in [1.29, 1.82) is 0 Å². The summed E-state index contributed by atoms with van der Waals surface area (Å²) in [4.78, 5) is 17.5. The summed E-state index contributed by atoms with van der Waals surface area (Å²) in [7, 11) is 0. The Hall–Kier alpha value is -1.43. The Morgan fingerprint density at radius 3 is 2.63 bits per heavy atom. The molecule has 5 nitrogen and oxygen atoms in total.